The third kappa shape index (κ3) is 2.90. The molecular weight excluding hydrogens is 396 g/mol. The molecule has 1 aromatic rings. The Bertz CT molecular complexity index is 810. The average Bonchev–Trinajstić information content (AvgIpc) is 3.22. The van der Waals surface area contributed by atoms with Gasteiger partial charge in [0, 0.05) is 10.0 Å². The molecular formula is C20H21BrN2O3. The summed E-state index contributed by atoms with van der Waals surface area (Å²) in [6.45, 7) is 5.90. The third-order valence-electron chi connectivity index (χ3n) is 5.15. The van der Waals surface area contributed by atoms with Gasteiger partial charge in [0.1, 0.15) is 11.4 Å². The maximum absolute atomic E-state index is 12.7. The summed E-state index contributed by atoms with van der Waals surface area (Å²) in [4.78, 5) is 25.4. The number of hydrogen-bond acceptors (Lipinski definition) is 4. The smallest absolute Gasteiger partial charge is 0.254 e. The van der Waals surface area contributed by atoms with Gasteiger partial charge in [-0.1, -0.05) is 28.1 Å². The van der Waals surface area contributed by atoms with E-state index in [9.17, 15) is 9.59 Å². The quantitative estimate of drug-likeness (QED) is 0.428. The van der Waals surface area contributed by atoms with Crippen molar-refractivity contribution in [3.63, 3.8) is 0 Å². The number of benzene rings is 1. The number of imide groups is 1. The van der Waals surface area contributed by atoms with Crippen molar-refractivity contribution in [2.24, 2.45) is 28.8 Å². The van der Waals surface area contributed by atoms with Crippen LogP contribution < -0.4 is 4.74 Å². The Morgan fingerprint density at radius 1 is 1.15 bits per heavy atom. The van der Waals surface area contributed by atoms with E-state index in [4.69, 9.17) is 4.74 Å². The fourth-order valence-electron chi connectivity index (χ4n) is 4.16. The fraction of sp³-hybridized carbons (Fsp3) is 0.450. The number of carbonyl (C=O) groups excluding carboxylic acids is 2. The molecule has 0 N–H and O–H groups in total. The highest BCUT2D eigenvalue weighted by molar-refractivity contribution is 9.10. The molecule has 4 unspecified atom stereocenters. The van der Waals surface area contributed by atoms with Crippen molar-refractivity contribution in [3.05, 3.63) is 40.4 Å². The van der Waals surface area contributed by atoms with E-state index in [0.29, 0.717) is 11.3 Å². The second-order valence-electron chi connectivity index (χ2n) is 8.13. The zero-order valence-electron chi connectivity index (χ0n) is 15.0. The topological polar surface area (TPSA) is 59.0 Å². The van der Waals surface area contributed by atoms with Crippen molar-refractivity contribution in [1.82, 2.24) is 5.01 Å². The second-order valence-corrected chi connectivity index (χ2v) is 9.04. The van der Waals surface area contributed by atoms with Crippen LogP contribution in [0.1, 0.15) is 32.8 Å². The van der Waals surface area contributed by atoms with Crippen molar-refractivity contribution in [2.75, 3.05) is 0 Å². The van der Waals surface area contributed by atoms with Gasteiger partial charge < -0.3 is 4.74 Å². The predicted molar refractivity (Wildman–Crippen MR) is 102 cm³/mol. The molecule has 1 heterocycles. The molecule has 0 spiro atoms. The monoisotopic (exact) mass is 416 g/mol. The summed E-state index contributed by atoms with van der Waals surface area (Å²) in [7, 11) is 0. The minimum atomic E-state index is -0.363. The molecule has 2 amide bonds. The number of hydrazone groups is 1. The van der Waals surface area contributed by atoms with Crippen molar-refractivity contribution in [1.29, 1.82) is 0 Å². The Hall–Kier alpha value is -1.95. The molecule has 3 aliphatic rings. The lowest BCUT2D eigenvalue weighted by atomic mass is 9.85. The number of halogens is 1. The summed E-state index contributed by atoms with van der Waals surface area (Å²) in [6, 6.07) is 5.60. The second kappa shape index (κ2) is 6.05. The van der Waals surface area contributed by atoms with Crippen LogP contribution in [0.4, 0.5) is 0 Å². The van der Waals surface area contributed by atoms with Crippen LogP contribution in [-0.4, -0.2) is 28.6 Å². The normalized spacial score (nSPS) is 29.9. The first kappa shape index (κ1) is 17.5. The molecule has 4 rings (SSSR count). The van der Waals surface area contributed by atoms with E-state index in [1.54, 1.807) is 0 Å². The predicted octanol–water partition coefficient (Wildman–Crippen LogP) is 3.77. The van der Waals surface area contributed by atoms with Crippen molar-refractivity contribution >= 4 is 34.0 Å². The fourth-order valence-corrected chi connectivity index (χ4v) is 4.54. The first-order valence-corrected chi connectivity index (χ1v) is 9.62. The molecule has 4 atom stereocenters. The Morgan fingerprint density at radius 3 is 2.35 bits per heavy atom. The molecule has 0 radical (unpaired) electrons. The van der Waals surface area contributed by atoms with Crippen LogP contribution in [0.2, 0.25) is 0 Å². The minimum absolute atomic E-state index is 0.179. The van der Waals surface area contributed by atoms with Crippen molar-refractivity contribution in [3.8, 4) is 5.75 Å². The Labute approximate surface area is 161 Å². The summed E-state index contributed by atoms with van der Waals surface area (Å²) < 4.78 is 6.84. The maximum atomic E-state index is 12.7. The number of ether oxygens (including phenoxy) is 1. The number of hydrogen-bond donors (Lipinski definition) is 0. The molecule has 6 heteroatoms. The summed E-state index contributed by atoms with van der Waals surface area (Å²) in [5, 5.41) is 5.31. The number of fused-ring (bicyclic) bond motifs is 5. The number of amides is 2. The van der Waals surface area contributed by atoms with Crippen LogP contribution in [0.25, 0.3) is 0 Å². The van der Waals surface area contributed by atoms with E-state index in [1.165, 1.54) is 6.21 Å². The van der Waals surface area contributed by atoms with Gasteiger partial charge in [-0.2, -0.15) is 10.1 Å². The summed E-state index contributed by atoms with van der Waals surface area (Å²) in [6.07, 6.45) is 6.61. The molecule has 1 saturated heterocycles. The Morgan fingerprint density at radius 2 is 1.77 bits per heavy atom. The first-order valence-electron chi connectivity index (χ1n) is 8.83. The highest BCUT2D eigenvalue weighted by Crippen LogP contribution is 2.52. The molecule has 0 aromatic heterocycles. The number of allylic oxidation sites excluding steroid dienone is 2. The van der Waals surface area contributed by atoms with E-state index in [0.717, 1.165) is 15.9 Å². The summed E-state index contributed by atoms with van der Waals surface area (Å²) in [5.41, 5.74) is 0.352. The summed E-state index contributed by atoms with van der Waals surface area (Å²) in [5.74, 6) is 0.206. The standard InChI is InChI=1S/C20H21BrN2O3/c1-20(2,3)26-15-7-6-14(21)9-13(15)10-22-23-18(24)16-11-4-5-12(8-11)17(16)19(23)25/h4-7,9-12,16-17H,8H2,1-3H3. The van der Waals surface area contributed by atoms with Crippen LogP contribution in [-0.2, 0) is 9.59 Å². The number of rotatable bonds is 3. The van der Waals surface area contributed by atoms with Gasteiger partial charge in [-0.25, -0.2) is 0 Å². The Kier molecular flexibility index (Phi) is 4.06. The lowest BCUT2D eigenvalue weighted by molar-refractivity contribution is -0.140. The molecule has 26 heavy (non-hydrogen) atoms. The van der Waals surface area contributed by atoms with Gasteiger partial charge in [-0.3, -0.25) is 9.59 Å². The van der Waals surface area contributed by atoms with E-state index in [1.807, 2.05) is 39.0 Å². The molecule has 1 saturated carbocycles. The van der Waals surface area contributed by atoms with Crippen LogP contribution >= 0.6 is 15.9 Å². The molecule has 2 bridgehead atoms. The lowest BCUT2D eigenvalue weighted by Crippen LogP contribution is -2.28. The van der Waals surface area contributed by atoms with E-state index in [2.05, 4.69) is 33.2 Å². The SMILES string of the molecule is CC(C)(C)Oc1ccc(Br)cc1C=NN1C(=O)C2C3C=CC(C3)C2C1=O. The average molecular weight is 417 g/mol. The van der Waals surface area contributed by atoms with Gasteiger partial charge in [-0.15, -0.1) is 0 Å². The Balaban J connectivity index is 1.60. The van der Waals surface area contributed by atoms with Gasteiger partial charge >= 0.3 is 0 Å². The minimum Gasteiger partial charge on any atom is -0.487 e. The third-order valence-corrected chi connectivity index (χ3v) is 5.64. The van der Waals surface area contributed by atoms with Gasteiger partial charge in [0.15, 0.2) is 0 Å². The van der Waals surface area contributed by atoms with Crippen LogP contribution in [0.15, 0.2) is 39.9 Å². The van der Waals surface area contributed by atoms with E-state index < -0.39 is 0 Å². The maximum Gasteiger partial charge on any atom is 0.254 e. The first-order chi connectivity index (χ1) is 12.2. The molecule has 136 valence electrons. The zero-order chi connectivity index (χ0) is 18.6. The van der Waals surface area contributed by atoms with Crippen molar-refractivity contribution in [2.45, 2.75) is 32.8 Å². The van der Waals surface area contributed by atoms with Gasteiger partial charge in [0.05, 0.1) is 18.1 Å². The summed E-state index contributed by atoms with van der Waals surface area (Å²) >= 11 is 3.44. The molecule has 1 aliphatic heterocycles. The molecule has 1 aromatic carbocycles. The highest BCUT2D eigenvalue weighted by atomic mass is 79.9. The molecule has 2 aliphatic carbocycles. The van der Waals surface area contributed by atoms with Gasteiger partial charge in [0.2, 0.25) is 0 Å². The number of carbonyl (C=O) groups is 2. The lowest BCUT2D eigenvalue weighted by Gasteiger charge is -2.22. The number of nitrogens with zero attached hydrogens (tertiary/aromatic N) is 2. The molecule has 2 fully saturated rings. The highest BCUT2D eigenvalue weighted by Gasteiger charge is 2.59. The van der Waals surface area contributed by atoms with Crippen molar-refractivity contribution < 1.29 is 14.3 Å². The van der Waals surface area contributed by atoms with E-state index in [-0.39, 0.29) is 41.1 Å². The zero-order valence-corrected chi connectivity index (χ0v) is 16.6. The van der Waals surface area contributed by atoms with Crippen LogP contribution in [0.5, 0.6) is 5.75 Å². The largest absolute Gasteiger partial charge is 0.487 e. The van der Waals surface area contributed by atoms with Crippen LogP contribution in [0.3, 0.4) is 0 Å². The van der Waals surface area contributed by atoms with Crippen LogP contribution in [0, 0.1) is 23.7 Å². The van der Waals surface area contributed by atoms with Gasteiger partial charge in [-0.05, 0) is 57.2 Å². The molecule has 5 nitrogen and oxygen atoms in total. The van der Waals surface area contributed by atoms with E-state index >= 15 is 0 Å². The van der Waals surface area contributed by atoms with Gasteiger partial charge in [0.25, 0.3) is 11.8 Å².